The van der Waals surface area contributed by atoms with Crippen molar-refractivity contribution in [2.45, 2.75) is 38.1 Å². The van der Waals surface area contributed by atoms with E-state index in [1.165, 1.54) is 12.1 Å². The molecule has 0 spiro atoms. The Hall–Kier alpha value is -3.67. The minimum Gasteiger partial charge on any atom is -0.383 e. The summed E-state index contributed by atoms with van der Waals surface area (Å²) in [5.41, 5.74) is 1.47. The largest absolute Gasteiger partial charge is 0.416 e. The number of amides is 2. The van der Waals surface area contributed by atoms with E-state index >= 15 is 0 Å². The smallest absolute Gasteiger partial charge is 0.383 e. The minimum absolute atomic E-state index is 0.0421. The fourth-order valence-electron chi connectivity index (χ4n) is 5.40. The number of carbonyl (C=O) groups excluding carboxylic acids is 2. The maximum absolute atomic E-state index is 13.7. The molecule has 0 bridgehead atoms. The number of benzene rings is 3. The average Bonchev–Trinajstić information content (AvgIpc) is 2.99. The molecule has 0 aromatic heterocycles. The summed E-state index contributed by atoms with van der Waals surface area (Å²) in [5.74, 6) is -0.454. The molecule has 0 aliphatic carbocycles. The molecule has 1 fully saturated rings. The van der Waals surface area contributed by atoms with Gasteiger partial charge in [-0.15, -0.1) is 0 Å². The van der Waals surface area contributed by atoms with Gasteiger partial charge < -0.3 is 30.5 Å². The van der Waals surface area contributed by atoms with Crippen LogP contribution in [-0.2, 0) is 33.5 Å². The second-order valence-electron chi connectivity index (χ2n) is 10.9. The van der Waals surface area contributed by atoms with Crippen molar-refractivity contribution in [2.75, 3.05) is 58.4 Å². The zero-order chi connectivity index (χ0) is 31.0. The van der Waals surface area contributed by atoms with E-state index in [0.717, 1.165) is 22.4 Å². The summed E-state index contributed by atoms with van der Waals surface area (Å²) in [5, 5.41) is 11.1. The Morgan fingerprint density at radius 1 is 0.977 bits per heavy atom. The molecular weight excluding hydrogens is 559 g/mol. The van der Waals surface area contributed by atoms with Crippen molar-refractivity contribution < 1.29 is 27.5 Å². The first-order chi connectivity index (χ1) is 20.6. The number of hydrogen-bond donors (Lipinski definition) is 3. The predicted molar refractivity (Wildman–Crippen MR) is 162 cm³/mol. The zero-order valence-electron chi connectivity index (χ0n) is 24.8. The van der Waals surface area contributed by atoms with E-state index in [4.69, 9.17) is 4.74 Å². The second kappa shape index (κ2) is 14.7. The summed E-state index contributed by atoms with van der Waals surface area (Å²) < 4.78 is 45.7. The number of hydrogen-bond acceptors (Lipinski definition) is 6. The van der Waals surface area contributed by atoms with E-state index in [9.17, 15) is 22.8 Å². The number of nitrogens with one attached hydrogen (secondary N) is 3. The van der Waals surface area contributed by atoms with Crippen molar-refractivity contribution in [1.29, 1.82) is 0 Å². The number of alkyl halides is 3. The molecule has 0 saturated carbocycles. The number of piperazine rings is 1. The van der Waals surface area contributed by atoms with Gasteiger partial charge in [-0.3, -0.25) is 9.59 Å². The van der Waals surface area contributed by atoms with Crippen molar-refractivity contribution in [1.82, 2.24) is 20.9 Å². The van der Waals surface area contributed by atoms with Crippen LogP contribution in [0.2, 0.25) is 0 Å². The maximum Gasteiger partial charge on any atom is 0.416 e. The van der Waals surface area contributed by atoms with Crippen molar-refractivity contribution in [3.05, 3.63) is 77.4 Å². The molecule has 8 nitrogen and oxygen atoms in total. The van der Waals surface area contributed by atoms with Crippen LogP contribution in [0.4, 0.5) is 18.9 Å². The first kappa shape index (κ1) is 32.2. The molecule has 232 valence electrons. The van der Waals surface area contributed by atoms with Gasteiger partial charge in [0.25, 0.3) is 0 Å². The number of rotatable bonds is 12. The van der Waals surface area contributed by atoms with E-state index in [-0.39, 0.29) is 30.9 Å². The molecule has 0 radical (unpaired) electrons. The van der Waals surface area contributed by atoms with Gasteiger partial charge in [0, 0.05) is 58.0 Å². The second-order valence-corrected chi connectivity index (χ2v) is 10.9. The zero-order valence-corrected chi connectivity index (χ0v) is 24.8. The van der Waals surface area contributed by atoms with Gasteiger partial charge in [0.2, 0.25) is 11.8 Å². The van der Waals surface area contributed by atoms with E-state index in [1.807, 2.05) is 54.3 Å². The number of halogens is 3. The van der Waals surface area contributed by atoms with Gasteiger partial charge in [0.1, 0.15) is 6.04 Å². The van der Waals surface area contributed by atoms with Crippen LogP contribution in [0.1, 0.15) is 23.6 Å². The molecule has 3 N–H and O–H groups in total. The summed E-state index contributed by atoms with van der Waals surface area (Å²) in [6.07, 6.45) is -4.11. The summed E-state index contributed by atoms with van der Waals surface area (Å²) in [6, 6.07) is 17.0. The molecular formula is C32H40F3N5O3. The highest BCUT2D eigenvalue weighted by Gasteiger charge is 2.33. The van der Waals surface area contributed by atoms with Gasteiger partial charge in [0.15, 0.2) is 0 Å². The Balaban J connectivity index is 1.48. The number of likely N-dealkylation sites (N-methyl/N-ethyl adjacent to an activating group) is 1. The molecule has 43 heavy (non-hydrogen) atoms. The highest BCUT2D eigenvalue weighted by molar-refractivity contribution is 5.89. The SMILES string of the molecule is CNCC(=O)N[C@H](Cc1ccc2ccccc2c1)C(=O)N1CCN(c2ccc(C(F)(F)F)cc2CNC(C)COC)CC1. The molecule has 3 aromatic rings. The van der Waals surface area contributed by atoms with Crippen LogP contribution in [-0.4, -0.2) is 82.3 Å². The van der Waals surface area contributed by atoms with Gasteiger partial charge in [-0.1, -0.05) is 42.5 Å². The fraction of sp³-hybridized carbons (Fsp3) is 0.438. The number of nitrogens with zero attached hydrogens (tertiary/aromatic N) is 2. The molecule has 2 amide bonds. The average molecular weight is 600 g/mol. The van der Waals surface area contributed by atoms with Crippen LogP contribution in [0.5, 0.6) is 0 Å². The van der Waals surface area contributed by atoms with Crippen LogP contribution < -0.4 is 20.9 Å². The van der Waals surface area contributed by atoms with Crippen molar-refractivity contribution in [3.8, 4) is 0 Å². The van der Waals surface area contributed by atoms with Gasteiger partial charge in [-0.25, -0.2) is 0 Å². The maximum atomic E-state index is 13.7. The van der Waals surface area contributed by atoms with Gasteiger partial charge in [0.05, 0.1) is 18.7 Å². The first-order valence-corrected chi connectivity index (χ1v) is 14.5. The Morgan fingerprint density at radius 3 is 2.37 bits per heavy atom. The van der Waals surface area contributed by atoms with E-state index in [2.05, 4.69) is 16.0 Å². The van der Waals surface area contributed by atoms with Gasteiger partial charge in [-0.2, -0.15) is 13.2 Å². The molecule has 1 unspecified atom stereocenters. The summed E-state index contributed by atoms with van der Waals surface area (Å²) in [6.45, 7) is 4.32. The highest BCUT2D eigenvalue weighted by Crippen LogP contribution is 2.33. The van der Waals surface area contributed by atoms with Crippen LogP contribution in [0.3, 0.4) is 0 Å². The van der Waals surface area contributed by atoms with Crippen LogP contribution in [0, 0.1) is 0 Å². The van der Waals surface area contributed by atoms with Crippen molar-refractivity contribution in [2.24, 2.45) is 0 Å². The molecule has 3 aromatic carbocycles. The minimum atomic E-state index is -4.45. The molecule has 1 aliphatic heterocycles. The number of methoxy groups -OCH3 is 1. The Labute approximate surface area is 250 Å². The Morgan fingerprint density at radius 2 is 1.70 bits per heavy atom. The van der Waals surface area contributed by atoms with E-state index in [0.29, 0.717) is 50.5 Å². The summed E-state index contributed by atoms with van der Waals surface area (Å²) in [7, 11) is 3.25. The van der Waals surface area contributed by atoms with Gasteiger partial charge >= 0.3 is 6.18 Å². The molecule has 1 aliphatic rings. The monoisotopic (exact) mass is 599 g/mol. The molecule has 2 atom stereocenters. The molecule has 1 heterocycles. The normalized spacial score (nSPS) is 15.4. The Kier molecular flexibility index (Phi) is 11.0. The van der Waals surface area contributed by atoms with Crippen molar-refractivity contribution in [3.63, 3.8) is 0 Å². The number of ether oxygens (including phenoxy) is 1. The molecule has 4 rings (SSSR count). The quantitative estimate of drug-likeness (QED) is 0.295. The summed E-state index contributed by atoms with van der Waals surface area (Å²) >= 11 is 0. The first-order valence-electron chi connectivity index (χ1n) is 14.5. The van der Waals surface area contributed by atoms with E-state index < -0.39 is 17.8 Å². The number of carbonyl (C=O) groups is 2. The van der Waals surface area contributed by atoms with Gasteiger partial charge in [-0.05, 0) is 54.1 Å². The number of fused-ring (bicyclic) bond motifs is 1. The lowest BCUT2D eigenvalue weighted by molar-refractivity contribution is -0.137. The highest BCUT2D eigenvalue weighted by atomic mass is 19.4. The topological polar surface area (TPSA) is 85.9 Å². The van der Waals surface area contributed by atoms with Crippen LogP contribution in [0.15, 0.2) is 60.7 Å². The standard InChI is InChI=1S/C32H40F3N5O3/c1-22(21-43-3)37-19-26-18-27(32(33,34)35)10-11-29(26)39-12-14-40(15-13-39)31(42)28(38-30(41)20-36-2)17-23-8-9-24-6-4-5-7-25(24)16-23/h4-11,16,18,22,28,36-37H,12-15,17,19-21H2,1-3H3,(H,38,41)/t22?,28-/m1/s1. The third-order valence-electron chi connectivity index (χ3n) is 7.62. The molecule has 11 heteroatoms. The Bertz CT molecular complexity index is 1390. The number of anilines is 1. The van der Waals surface area contributed by atoms with Crippen molar-refractivity contribution >= 4 is 28.3 Å². The van der Waals surface area contributed by atoms with E-state index in [1.54, 1.807) is 19.1 Å². The van der Waals surface area contributed by atoms with Crippen LogP contribution in [0.25, 0.3) is 10.8 Å². The third-order valence-corrected chi connectivity index (χ3v) is 7.62. The third kappa shape index (κ3) is 8.68. The lowest BCUT2D eigenvalue weighted by atomic mass is 10.0. The summed E-state index contributed by atoms with van der Waals surface area (Å²) in [4.78, 5) is 30.0. The lowest BCUT2D eigenvalue weighted by Gasteiger charge is -2.38. The lowest BCUT2D eigenvalue weighted by Crippen LogP contribution is -2.56. The predicted octanol–water partition coefficient (Wildman–Crippen LogP) is 3.58. The molecule has 1 saturated heterocycles. The van der Waals surface area contributed by atoms with Crippen LogP contribution >= 0.6 is 0 Å². The fourth-order valence-corrected chi connectivity index (χ4v) is 5.40.